The first-order chi connectivity index (χ1) is 6.68. The molecule has 2 heterocycles. The van der Waals surface area contributed by atoms with E-state index in [9.17, 15) is 0 Å². The van der Waals surface area contributed by atoms with E-state index < -0.39 is 7.12 Å². The van der Waals surface area contributed by atoms with E-state index in [0.717, 1.165) is 10.8 Å². The van der Waals surface area contributed by atoms with Crippen LogP contribution in [0.25, 0.3) is 5.00 Å². The molecular formula is C8H9BN2O2S. The molecule has 0 aliphatic carbocycles. The van der Waals surface area contributed by atoms with E-state index in [4.69, 9.17) is 10.0 Å². The Kier molecular flexibility index (Phi) is 2.41. The maximum Gasteiger partial charge on any atom is 0.499 e. The van der Waals surface area contributed by atoms with Crippen LogP contribution in [0.4, 0.5) is 0 Å². The van der Waals surface area contributed by atoms with E-state index in [1.165, 1.54) is 11.3 Å². The van der Waals surface area contributed by atoms with E-state index in [2.05, 4.69) is 4.98 Å². The summed E-state index contributed by atoms with van der Waals surface area (Å²) in [5.74, 6) is 0.880. The Hall–Kier alpha value is -1.11. The maximum absolute atomic E-state index is 8.94. The summed E-state index contributed by atoms with van der Waals surface area (Å²) in [7, 11) is -1.39. The molecular weight excluding hydrogens is 199 g/mol. The molecule has 4 nitrogen and oxygen atoms in total. The number of thiophene rings is 1. The lowest BCUT2D eigenvalue weighted by Gasteiger charge is -1.99. The van der Waals surface area contributed by atoms with Gasteiger partial charge in [-0.05, 0) is 19.1 Å². The second-order valence-corrected chi connectivity index (χ2v) is 3.99. The Balaban J connectivity index is 2.39. The van der Waals surface area contributed by atoms with Crippen LogP contribution in [-0.2, 0) is 0 Å². The van der Waals surface area contributed by atoms with Gasteiger partial charge in [0.1, 0.15) is 10.8 Å². The number of rotatable bonds is 2. The molecule has 0 amide bonds. The van der Waals surface area contributed by atoms with Gasteiger partial charge in [-0.1, -0.05) is 0 Å². The van der Waals surface area contributed by atoms with Crippen LogP contribution < -0.4 is 4.78 Å². The highest BCUT2D eigenvalue weighted by Crippen LogP contribution is 2.14. The summed E-state index contributed by atoms with van der Waals surface area (Å²) < 4.78 is 2.43. The van der Waals surface area contributed by atoms with E-state index in [1.54, 1.807) is 12.3 Å². The fraction of sp³-hybridized carbons (Fsp3) is 0.125. The largest absolute Gasteiger partial charge is 0.499 e. The van der Waals surface area contributed by atoms with Crippen LogP contribution >= 0.6 is 11.3 Å². The fourth-order valence-corrected chi connectivity index (χ4v) is 2.13. The predicted molar refractivity (Wildman–Crippen MR) is 56.0 cm³/mol. The van der Waals surface area contributed by atoms with Crippen molar-refractivity contribution < 1.29 is 10.0 Å². The number of imidazole rings is 1. The van der Waals surface area contributed by atoms with Crippen molar-refractivity contribution in [1.82, 2.24) is 9.55 Å². The fourth-order valence-electron chi connectivity index (χ4n) is 1.22. The maximum atomic E-state index is 8.94. The molecule has 0 aliphatic rings. The van der Waals surface area contributed by atoms with Gasteiger partial charge in [-0.2, -0.15) is 0 Å². The van der Waals surface area contributed by atoms with Crippen LogP contribution in [0.1, 0.15) is 5.82 Å². The van der Waals surface area contributed by atoms with Gasteiger partial charge in [-0.3, -0.25) is 4.57 Å². The standard InChI is InChI=1S/C8H9BN2O2S/c1-6-10-4-5-11(6)8-3-2-7(14-8)9(12)13/h2-5,12-13H,1H3. The average Bonchev–Trinajstić information content (AvgIpc) is 2.71. The second kappa shape index (κ2) is 3.57. The molecule has 2 aromatic heterocycles. The molecule has 14 heavy (non-hydrogen) atoms. The predicted octanol–water partition coefficient (Wildman–Crippen LogP) is -0.0780. The Morgan fingerprint density at radius 2 is 2.21 bits per heavy atom. The van der Waals surface area contributed by atoms with Crippen LogP contribution in [0, 0.1) is 6.92 Å². The van der Waals surface area contributed by atoms with Gasteiger partial charge in [0.05, 0.1) is 0 Å². The summed E-state index contributed by atoms with van der Waals surface area (Å²) in [5, 5.41) is 18.8. The van der Waals surface area contributed by atoms with Gasteiger partial charge in [-0.15, -0.1) is 11.3 Å². The van der Waals surface area contributed by atoms with E-state index in [1.807, 2.05) is 23.8 Å². The van der Waals surface area contributed by atoms with E-state index >= 15 is 0 Å². The zero-order valence-corrected chi connectivity index (χ0v) is 8.40. The van der Waals surface area contributed by atoms with Crippen LogP contribution in [-0.4, -0.2) is 26.7 Å². The molecule has 2 rings (SSSR count). The molecule has 0 saturated carbocycles. The summed E-state index contributed by atoms with van der Waals surface area (Å²) in [6.07, 6.45) is 3.55. The molecule has 0 unspecified atom stereocenters. The molecule has 0 aliphatic heterocycles. The van der Waals surface area contributed by atoms with Gasteiger partial charge in [0.25, 0.3) is 0 Å². The van der Waals surface area contributed by atoms with Crippen molar-refractivity contribution in [3.8, 4) is 5.00 Å². The zero-order chi connectivity index (χ0) is 10.1. The first kappa shape index (κ1) is 9.45. The molecule has 0 spiro atoms. The summed E-state index contributed by atoms with van der Waals surface area (Å²) in [6.45, 7) is 1.90. The number of nitrogens with zero attached hydrogens (tertiary/aromatic N) is 2. The zero-order valence-electron chi connectivity index (χ0n) is 7.58. The summed E-state index contributed by atoms with van der Waals surface area (Å²) in [4.78, 5) is 4.09. The summed E-state index contributed by atoms with van der Waals surface area (Å²) in [6, 6.07) is 3.54. The van der Waals surface area contributed by atoms with Crippen LogP contribution in [0.2, 0.25) is 0 Å². The van der Waals surface area contributed by atoms with Crippen molar-refractivity contribution in [2.24, 2.45) is 0 Å². The highest BCUT2D eigenvalue weighted by Gasteiger charge is 2.14. The molecule has 0 aromatic carbocycles. The SMILES string of the molecule is Cc1nccn1-c1ccc(B(O)O)s1. The average molecular weight is 208 g/mol. The smallest absolute Gasteiger partial charge is 0.423 e. The third-order valence-electron chi connectivity index (χ3n) is 1.93. The van der Waals surface area contributed by atoms with E-state index in [-0.39, 0.29) is 0 Å². The molecule has 0 fully saturated rings. The molecule has 0 saturated heterocycles. The second-order valence-electron chi connectivity index (χ2n) is 2.89. The molecule has 2 N–H and O–H groups in total. The quantitative estimate of drug-likeness (QED) is 0.678. The van der Waals surface area contributed by atoms with Gasteiger partial charge in [0.2, 0.25) is 0 Å². The van der Waals surface area contributed by atoms with Crippen molar-refractivity contribution >= 4 is 23.2 Å². The van der Waals surface area contributed by atoms with E-state index in [0.29, 0.717) is 4.78 Å². The third kappa shape index (κ3) is 1.59. The monoisotopic (exact) mass is 208 g/mol. The van der Waals surface area contributed by atoms with Crippen molar-refractivity contribution in [3.05, 3.63) is 30.4 Å². The van der Waals surface area contributed by atoms with Crippen molar-refractivity contribution in [1.29, 1.82) is 0 Å². The van der Waals surface area contributed by atoms with Gasteiger partial charge >= 0.3 is 7.12 Å². The minimum absolute atomic E-state index is 0.535. The molecule has 72 valence electrons. The summed E-state index contributed by atoms with van der Waals surface area (Å²) in [5.41, 5.74) is 0. The van der Waals surface area contributed by atoms with Gasteiger partial charge < -0.3 is 10.0 Å². The Morgan fingerprint density at radius 1 is 1.43 bits per heavy atom. The van der Waals surface area contributed by atoms with Crippen molar-refractivity contribution in [3.63, 3.8) is 0 Å². The normalized spacial score (nSPS) is 10.5. The Labute approximate surface area is 85.6 Å². The minimum Gasteiger partial charge on any atom is -0.423 e. The third-order valence-corrected chi connectivity index (χ3v) is 3.05. The first-order valence-corrected chi connectivity index (χ1v) is 4.96. The van der Waals surface area contributed by atoms with Crippen LogP contribution in [0.15, 0.2) is 24.5 Å². The lowest BCUT2D eigenvalue weighted by molar-refractivity contribution is 0.427. The molecule has 2 aromatic rings. The molecule has 6 heteroatoms. The lowest BCUT2D eigenvalue weighted by atomic mass is 9.90. The highest BCUT2D eigenvalue weighted by atomic mass is 32.1. The number of hydrogen-bond acceptors (Lipinski definition) is 4. The molecule has 0 bridgehead atoms. The van der Waals surface area contributed by atoms with Crippen LogP contribution in [0.5, 0.6) is 0 Å². The molecule has 0 radical (unpaired) electrons. The molecule has 0 atom stereocenters. The summed E-state index contributed by atoms with van der Waals surface area (Å²) >= 11 is 1.34. The Morgan fingerprint density at radius 3 is 2.71 bits per heavy atom. The van der Waals surface area contributed by atoms with Gasteiger partial charge in [0.15, 0.2) is 0 Å². The minimum atomic E-state index is -1.39. The topological polar surface area (TPSA) is 58.3 Å². The Bertz CT molecular complexity index is 438. The first-order valence-electron chi connectivity index (χ1n) is 4.14. The van der Waals surface area contributed by atoms with Crippen molar-refractivity contribution in [2.75, 3.05) is 0 Å². The number of hydrogen-bond donors (Lipinski definition) is 2. The lowest BCUT2D eigenvalue weighted by Crippen LogP contribution is -2.26. The number of aromatic nitrogens is 2. The van der Waals surface area contributed by atoms with Gasteiger partial charge in [0, 0.05) is 17.2 Å². The van der Waals surface area contributed by atoms with Crippen LogP contribution in [0.3, 0.4) is 0 Å². The highest BCUT2D eigenvalue weighted by molar-refractivity contribution is 7.24. The van der Waals surface area contributed by atoms with Crippen molar-refractivity contribution in [2.45, 2.75) is 6.92 Å². The van der Waals surface area contributed by atoms with Gasteiger partial charge in [-0.25, -0.2) is 4.98 Å². The number of aryl methyl sites for hydroxylation is 1.